The molecule has 2 fully saturated rings. The third-order valence-corrected chi connectivity index (χ3v) is 5.77. The Balaban J connectivity index is 1.31. The molecule has 0 N–H and O–H groups in total. The minimum atomic E-state index is -2.72. The summed E-state index contributed by atoms with van der Waals surface area (Å²) in [5.41, 5.74) is 0.681. The van der Waals surface area contributed by atoms with E-state index in [-0.39, 0.29) is 18.7 Å². The number of benzene rings is 1. The molecule has 0 saturated heterocycles. The normalized spacial score (nSPS) is 18.1. The predicted octanol–water partition coefficient (Wildman–Crippen LogP) is 4.75. The van der Waals surface area contributed by atoms with Crippen molar-refractivity contribution in [2.24, 2.45) is 5.92 Å². The fourth-order valence-electron chi connectivity index (χ4n) is 3.80. The lowest BCUT2D eigenvalue weighted by atomic mass is 9.80. The molecule has 2 aromatic rings. The average Bonchev–Trinajstić information content (AvgIpc) is 3.47. The van der Waals surface area contributed by atoms with Gasteiger partial charge in [0.2, 0.25) is 17.7 Å². The van der Waals surface area contributed by atoms with E-state index in [9.17, 15) is 13.6 Å². The van der Waals surface area contributed by atoms with Crippen molar-refractivity contribution in [3.8, 4) is 5.75 Å². The van der Waals surface area contributed by atoms with Gasteiger partial charge in [-0.25, -0.2) is 8.78 Å². The van der Waals surface area contributed by atoms with E-state index in [1.54, 1.807) is 30.2 Å². The van der Waals surface area contributed by atoms with Crippen LogP contribution in [0.25, 0.3) is 0 Å². The van der Waals surface area contributed by atoms with Gasteiger partial charge in [0.05, 0.1) is 7.11 Å². The number of unbranched alkanes of at least 4 members (excludes halogenated alkanes) is 2. The molecule has 0 atom stereocenters. The highest BCUT2D eigenvalue weighted by molar-refractivity contribution is 5.95. The highest BCUT2D eigenvalue weighted by Crippen LogP contribution is 2.44. The molecule has 1 amide bonds. The SMILES string of the molecule is COc1cccc(N(CCCCCc2nc(C3CC3)no2)C(=O)C2CC(F)(F)C2)c1. The van der Waals surface area contributed by atoms with Crippen LogP contribution in [0.2, 0.25) is 0 Å². The number of alkyl halides is 2. The third-order valence-electron chi connectivity index (χ3n) is 5.77. The van der Waals surface area contributed by atoms with Gasteiger partial charge >= 0.3 is 0 Å². The van der Waals surface area contributed by atoms with Gasteiger partial charge in [-0.3, -0.25) is 4.79 Å². The predicted molar refractivity (Wildman–Crippen MR) is 107 cm³/mol. The van der Waals surface area contributed by atoms with E-state index in [0.717, 1.165) is 37.9 Å². The van der Waals surface area contributed by atoms with Crippen LogP contribution in [0.1, 0.15) is 62.6 Å². The van der Waals surface area contributed by atoms with Crippen LogP contribution >= 0.6 is 0 Å². The molecule has 1 heterocycles. The molecule has 2 aliphatic carbocycles. The van der Waals surface area contributed by atoms with Crippen LogP contribution < -0.4 is 9.64 Å². The number of amides is 1. The summed E-state index contributed by atoms with van der Waals surface area (Å²) in [7, 11) is 1.56. The van der Waals surface area contributed by atoms with Gasteiger partial charge in [0.1, 0.15) is 5.75 Å². The Labute approximate surface area is 174 Å². The lowest BCUT2D eigenvalue weighted by molar-refractivity contribution is -0.147. The highest BCUT2D eigenvalue weighted by atomic mass is 19.3. The summed E-state index contributed by atoms with van der Waals surface area (Å²) in [5.74, 6) is -0.989. The molecule has 30 heavy (non-hydrogen) atoms. The number of aromatic nitrogens is 2. The lowest BCUT2D eigenvalue weighted by Crippen LogP contribution is -2.47. The Morgan fingerprint density at radius 1 is 1.27 bits per heavy atom. The van der Waals surface area contributed by atoms with Crippen LogP contribution in [0.3, 0.4) is 0 Å². The fourth-order valence-corrected chi connectivity index (χ4v) is 3.80. The summed E-state index contributed by atoms with van der Waals surface area (Å²) in [6, 6.07) is 7.18. The second-order valence-electron chi connectivity index (χ2n) is 8.28. The summed E-state index contributed by atoms with van der Waals surface area (Å²) in [6.07, 6.45) is 4.75. The van der Waals surface area contributed by atoms with Crippen molar-refractivity contribution in [3.05, 3.63) is 36.0 Å². The van der Waals surface area contributed by atoms with E-state index in [1.807, 2.05) is 6.07 Å². The molecule has 6 nitrogen and oxygen atoms in total. The Morgan fingerprint density at radius 3 is 2.77 bits per heavy atom. The number of rotatable bonds is 10. The molecule has 8 heteroatoms. The minimum absolute atomic E-state index is 0.236. The Hall–Kier alpha value is -2.51. The van der Waals surface area contributed by atoms with Gasteiger partial charge in [0, 0.05) is 49.4 Å². The van der Waals surface area contributed by atoms with Crippen LogP contribution in [-0.2, 0) is 11.2 Å². The molecule has 0 bridgehead atoms. The van der Waals surface area contributed by atoms with Gasteiger partial charge in [-0.2, -0.15) is 4.98 Å². The van der Waals surface area contributed by atoms with Crippen molar-refractivity contribution in [2.45, 2.75) is 63.2 Å². The van der Waals surface area contributed by atoms with Gasteiger partial charge in [0.25, 0.3) is 0 Å². The highest BCUT2D eigenvalue weighted by Gasteiger charge is 2.49. The maximum Gasteiger partial charge on any atom is 0.249 e. The van der Waals surface area contributed by atoms with Gasteiger partial charge in [-0.15, -0.1) is 0 Å². The molecule has 1 aromatic carbocycles. The molecule has 0 spiro atoms. The molecule has 2 aliphatic rings. The van der Waals surface area contributed by atoms with Crippen LogP contribution in [0.15, 0.2) is 28.8 Å². The van der Waals surface area contributed by atoms with E-state index in [1.165, 1.54) is 0 Å². The van der Waals surface area contributed by atoms with E-state index in [0.29, 0.717) is 36.2 Å². The van der Waals surface area contributed by atoms with Crippen molar-refractivity contribution in [1.29, 1.82) is 0 Å². The topological polar surface area (TPSA) is 68.5 Å². The Kier molecular flexibility index (Phi) is 6.01. The van der Waals surface area contributed by atoms with Crippen molar-refractivity contribution < 1.29 is 22.8 Å². The minimum Gasteiger partial charge on any atom is -0.497 e. The van der Waals surface area contributed by atoms with Crippen molar-refractivity contribution in [3.63, 3.8) is 0 Å². The third kappa shape index (κ3) is 4.96. The van der Waals surface area contributed by atoms with Gasteiger partial charge in [-0.1, -0.05) is 17.6 Å². The zero-order valence-electron chi connectivity index (χ0n) is 17.2. The second kappa shape index (κ2) is 8.70. The van der Waals surface area contributed by atoms with Crippen LogP contribution in [-0.4, -0.2) is 35.6 Å². The summed E-state index contributed by atoms with van der Waals surface area (Å²) in [6.45, 7) is 0.477. The van der Waals surface area contributed by atoms with Crippen molar-refractivity contribution in [1.82, 2.24) is 10.1 Å². The first-order chi connectivity index (χ1) is 14.4. The summed E-state index contributed by atoms with van der Waals surface area (Å²) in [4.78, 5) is 18.9. The number of carbonyl (C=O) groups is 1. The number of nitrogens with zero attached hydrogens (tertiary/aromatic N) is 3. The first-order valence-corrected chi connectivity index (χ1v) is 10.6. The van der Waals surface area contributed by atoms with Crippen LogP contribution in [0.5, 0.6) is 5.75 Å². The zero-order valence-corrected chi connectivity index (χ0v) is 17.2. The van der Waals surface area contributed by atoms with Gasteiger partial charge in [0.15, 0.2) is 5.82 Å². The maximum absolute atomic E-state index is 13.3. The lowest BCUT2D eigenvalue weighted by Gasteiger charge is -2.37. The fraction of sp³-hybridized carbons (Fsp3) is 0.591. The molecule has 1 aromatic heterocycles. The van der Waals surface area contributed by atoms with E-state index in [4.69, 9.17) is 9.26 Å². The molecular weight excluding hydrogens is 392 g/mol. The van der Waals surface area contributed by atoms with Crippen molar-refractivity contribution in [2.75, 3.05) is 18.6 Å². The number of methoxy groups -OCH3 is 1. The Morgan fingerprint density at radius 2 is 2.07 bits per heavy atom. The zero-order chi connectivity index (χ0) is 21.1. The number of carbonyl (C=O) groups excluding carboxylic acids is 1. The monoisotopic (exact) mass is 419 g/mol. The standard InChI is InChI=1S/C22H27F2N3O3/c1-29-18-7-5-6-17(12-18)27(21(28)16-13-22(23,24)14-16)11-4-2-3-8-19-25-20(26-30-19)15-9-10-15/h5-7,12,15-16H,2-4,8-11,13-14H2,1H3. The van der Waals surface area contributed by atoms with Crippen LogP contribution in [0, 0.1) is 5.92 Å². The average molecular weight is 419 g/mol. The van der Waals surface area contributed by atoms with E-state index >= 15 is 0 Å². The molecule has 0 radical (unpaired) electrons. The summed E-state index contributed by atoms with van der Waals surface area (Å²) < 4.78 is 37.1. The van der Waals surface area contributed by atoms with Gasteiger partial charge < -0.3 is 14.2 Å². The smallest absolute Gasteiger partial charge is 0.249 e. The molecule has 4 rings (SSSR count). The number of hydrogen-bond acceptors (Lipinski definition) is 5. The van der Waals surface area contributed by atoms with Crippen molar-refractivity contribution >= 4 is 11.6 Å². The number of anilines is 1. The second-order valence-corrected chi connectivity index (χ2v) is 8.28. The van der Waals surface area contributed by atoms with Crippen LogP contribution in [0.4, 0.5) is 14.5 Å². The molecule has 0 unspecified atom stereocenters. The van der Waals surface area contributed by atoms with Gasteiger partial charge in [-0.05, 0) is 37.8 Å². The number of halogens is 2. The molecule has 2 saturated carbocycles. The number of ether oxygens (including phenoxy) is 1. The van der Waals surface area contributed by atoms with E-state index < -0.39 is 11.8 Å². The largest absolute Gasteiger partial charge is 0.497 e. The molecular formula is C22H27F2N3O3. The summed E-state index contributed by atoms with van der Waals surface area (Å²) in [5, 5.41) is 4.02. The Bertz CT molecular complexity index is 874. The molecule has 162 valence electrons. The first-order valence-electron chi connectivity index (χ1n) is 10.6. The van der Waals surface area contributed by atoms with E-state index in [2.05, 4.69) is 10.1 Å². The number of aryl methyl sites for hydroxylation is 1. The quantitative estimate of drug-likeness (QED) is 0.520. The first kappa shape index (κ1) is 20.8. The summed E-state index contributed by atoms with van der Waals surface area (Å²) >= 11 is 0. The maximum atomic E-state index is 13.3. The number of hydrogen-bond donors (Lipinski definition) is 0. The molecule has 0 aliphatic heterocycles.